The van der Waals surface area contributed by atoms with Gasteiger partial charge < -0.3 is 20.1 Å². The van der Waals surface area contributed by atoms with Gasteiger partial charge in [-0.15, -0.1) is 0 Å². The summed E-state index contributed by atoms with van der Waals surface area (Å²) in [6, 6.07) is 1.58. The van der Waals surface area contributed by atoms with Gasteiger partial charge in [0.2, 0.25) is 23.6 Å². The van der Waals surface area contributed by atoms with E-state index >= 15 is 0 Å². The first-order valence-corrected chi connectivity index (χ1v) is 5.86. The van der Waals surface area contributed by atoms with Gasteiger partial charge >= 0.3 is 0 Å². The molecule has 1 amide bonds. The Balaban J connectivity index is 2.80. The Labute approximate surface area is 112 Å². The summed E-state index contributed by atoms with van der Waals surface area (Å²) in [5.41, 5.74) is -0.575. The van der Waals surface area contributed by atoms with Crippen LogP contribution in [-0.2, 0) is 4.79 Å². The molecule has 0 unspecified atom stereocenters. The topological polar surface area (TPSA) is 85.4 Å². The SMILES string of the molecule is CNC(=O)C(C)(C)CNc1nc(OC)cc(OC)n1. The van der Waals surface area contributed by atoms with Gasteiger partial charge in [-0.05, 0) is 13.8 Å². The van der Waals surface area contributed by atoms with Crippen molar-refractivity contribution in [1.29, 1.82) is 0 Å². The molecule has 0 radical (unpaired) electrons. The first-order chi connectivity index (χ1) is 8.92. The van der Waals surface area contributed by atoms with E-state index in [4.69, 9.17) is 9.47 Å². The van der Waals surface area contributed by atoms with Crippen LogP contribution in [0.25, 0.3) is 0 Å². The zero-order valence-electron chi connectivity index (χ0n) is 11.9. The van der Waals surface area contributed by atoms with Crippen molar-refractivity contribution < 1.29 is 14.3 Å². The van der Waals surface area contributed by atoms with Crippen molar-refractivity contribution in [3.63, 3.8) is 0 Å². The van der Waals surface area contributed by atoms with Crippen LogP contribution < -0.4 is 20.1 Å². The molecular formula is C12H20N4O3. The number of ether oxygens (including phenoxy) is 2. The van der Waals surface area contributed by atoms with Gasteiger partial charge in [0.05, 0.1) is 25.7 Å². The number of nitrogens with one attached hydrogen (secondary N) is 2. The van der Waals surface area contributed by atoms with E-state index in [1.165, 1.54) is 14.2 Å². The lowest BCUT2D eigenvalue weighted by atomic mass is 9.92. The molecule has 7 nitrogen and oxygen atoms in total. The first-order valence-electron chi connectivity index (χ1n) is 5.86. The van der Waals surface area contributed by atoms with Crippen LogP contribution in [0, 0.1) is 5.41 Å². The van der Waals surface area contributed by atoms with Crippen LogP contribution in [0.4, 0.5) is 5.95 Å². The van der Waals surface area contributed by atoms with Gasteiger partial charge in [-0.3, -0.25) is 4.79 Å². The van der Waals surface area contributed by atoms with Gasteiger partial charge in [-0.1, -0.05) is 0 Å². The van der Waals surface area contributed by atoms with Crippen molar-refractivity contribution in [2.75, 3.05) is 33.1 Å². The summed E-state index contributed by atoms with van der Waals surface area (Å²) in [4.78, 5) is 19.9. The van der Waals surface area contributed by atoms with Gasteiger partial charge in [0.15, 0.2) is 0 Å². The van der Waals surface area contributed by atoms with Gasteiger partial charge in [-0.2, -0.15) is 9.97 Å². The second-order valence-corrected chi connectivity index (χ2v) is 4.59. The second kappa shape index (κ2) is 6.21. The molecule has 1 aromatic rings. The third kappa shape index (κ3) is 3.97. The highest BCUT2D eigenvalue weighted by atomic mass is 16.5. The molecule has 0 bridgehead atoms. The molecule has 1 aromatic heterocycles. The number of nitrogens with zero attached hydrogens (tertiary/aromatic N) is 2. The molecule has 0 atom stereocenters. The molecule has 2 N–H and O–H groups in total. The van der Waals surface area contributed by atoms with Crippen molar-refractivity contribution in [2.24, 2.45) is 5.41 Å². The molecule has 0 saturated carbocycles. The predicted octanol–water partition coefficient (Wildman–Crippen LogP) is 0.678. The largest absolute Gasteiger partial charge is 0.481 e. The fourth-order valence-corrected chi connectivity index (χ4v) is 1.41. The zero-order chi connectivity index (χ0) is 14.5. The van der Waals surface area contributed by atoms with E-state index in [1.807, 2.05) is 13.8 Å². The standard InChI is InChI=1S/C12H20N4O3/c1-12(2,10(17)13-3)7-14-11-15-8(18-4)6-9(16-11)19-5/h6H,7H2,1-5H3,(H,13,17)(H,14,15,16). The van der Waals surface area contributed by atoms with E-state index in [9.17, 15) is 4.79 Å². The summed E-state index contributed by atoms with van der Waals surface area (Å²) in [6.07, 6.45) is 0. The Morgan fingerprint density at radius 2 is 1.79 bits per heavy atom. The van der Waals surface area contributed by atoms with Crippen LogP contribution >= 0.6 is 0 Å². The molecule has 0 spiro atoms. The van der Waals surface area contributed by atoms with Crippen molar-refractivity contribution in [3.05, 3.63) is 6.07 Å². The maximum Gasteiger partial charge on any atom is 0.229 e. The molecular weight excluding hydrogens is 248 g/mol. The molecule has 0 aliphatic carbocycles. The lowest BCUT2D eigenvalue weighted by Gasteiger charge is -2.22. The summed E-state index contributed by atoms with van der Waals surface area (Å²) in [5, 5.41) is 5.62. The van der Waals surface area contributed by atoms with Crippen LogP contribution in [0.2, 0.25) is 0 Å². The van der Waals surface area contributed by atoms with Crippen LogP contribution in [-0.4, -0.2) is 43.7 Å². The monoisotopic (exact) mass is 268 g/mol. The molecule has 0 aliphatic rings. The highest BCUT2D eigenvalue weighted by molar-refractivity contribution is 5.82. The lowest BCUT2D eigenvalue weighted by Crippen LogP contribution is -2.39. The Morgan fingerprint density at radius 3 is 2.21 bits per heavy atom. The van der Waals surface area contributed by atoms with Crippen LogP contribution in [0.15, 0.2) is 6.07 Å². The molecule has 0 saturated heterocycles. The Hall–Kier alpha value is -2.05. The number of methoxy groups -OCH3 is 2. The van der Waals surface area contributed by atoms with E-state index in [-0.39, 0.29) is 5.91 Å². The average molecular weight is 268 g/mol. The van der Waals surface area contributed by atoms with E-state index in [0.29, 0.717) is 24.3 Å². The van der Waals surface area contributed by atoms with E-state index in [1.54, 1.807) is 13.1 Å². The number of rotatable bonds is 6. The number of carbonyl (C=O) groups excluding carboxylic acids is 1. The Bertz CT molecular complexity index is 426. The van der Waals surface area contributed by atoms with Crippen molar-refractivity contribution in [2.45, 2.75) is 13.8 Å². The second-order valence-electron chi connectivity index (χ2n) is 4.59. The fourth-order valence-electron chi connectivity index (χ4n) is 1.41. The van der Waals surface area contributed by atoms with E-state index < -0.39 is 5.41 Å². The average Bonchev–Trinajstić information content (AvgIpc) is 2.43. The minimum Gasteiger partial charge on any atom is -0.481 e. The lowest BCUT2D eigenvalue weighted by molar-refractivity contribution is -0.128. The summed E-state index contributed by atoms with van der Waals surface area (Å²) < 4.78 is 10.1. The maximum atomic E-state index is 11.7. The van der Waals surface area contributed by atoms with Crippen molar-refractivity contribution in [3.8, 4) is 11.8 Å². The minimum atomic E-state index is -0.575. The third-order valence-electron chi connectivity index (χ3n) is 2.63. The fraction of sp³-hybridized carbons (Fsp3) is 0.583. The molecule has 7 heteroatoms. The van der Waals surface area contributed by atoms with Crippen LogP contribution in [0.5, 0.6) is 11.8 Å². The summed E-state index contributed by atoms with van der Waals surface area (Å²) in [7, 11) is 4.63. The molecule has 1 rings (SSSR count). The predicted molar refractivity (Wildman–Crippen MR) is 71.5 cm³/mol. The van der Waals surface area contributed by atoms with Gasteiger partial charge in [-0.25, -0.2) is 0 Å². The normalized spacial score (nSPS) is 10.8. The number of anilines is 1. The third-order valence-corrected chi connectivity index (χ3v) is 2.63. The van der Waals surface area contributed by atoms with Crippen LogP contribution in [0.1, 0.15) is 13.8 Å². The summed E-state index contributed by atoms with van der Waals surface area (Å²) in [5.74, 6) is 1.09. The van der Waals surface area contributed by atoms with Gasteiger partial charge in [0.25, 0.3) is 0 Å². The molecule has 106 valence electrons. The smallest absolute Gasteiger partial charge is 0.229 e. The molecule has 0 aliphatic heterocycles. The number of carbonyl (C=O) groups is 1. The summed E-state index contributed by atoms with van der Waals surface area (Å²) >= 11 is 0. The van der Waals surface area contributed by atoms with Crippen molar-refractivity contribution in [1.82, 2.24) is 15.3 Å². The maximum absolute atomic E-state index is 11.7. The highest BCUT2D eigenvalue weighted by Gasteiger charge is 2.26. The van der Waals surface area contributed by atoms with Crippen molar-refractivity contribution >= 4 is 11.9 Å². The zero-order valence-corrected chi connectivity index (χ0v) is 11.9. The number of hydrogen-bond donors (Lipinski definition) is 2. The Kier molecular flexibility index (Phi) is 4.91. The molecule has 0 fully saturated rings. The van der Waals surface area contributed by atoms with E-state index in [2.05, 4.69) is 20.6 Å². The summed E-state index contributed by atoms with van der Waals surface area (Å²) in [6.45, 7) is 4.05. The number of hydrogen-bond acceptors (Lipinski definition) is 6. The molecule has 19 heavy (non-hydrogen) atoms. The van der Waals surface area contributed by atoms with Gasteiger partial charge in [0, 0.05) is 13.6 Å². The van der Waals surface area contributed by atoms with E-state index in [0.717, 1.165) is 0 Å². The number of amides is 1. The minimum absolute atomic E-state index is 0.0603. The van der Waals surface area contributed by atoms with Gasteiger partial charge in [0.1, 0.15) is 0 Å². The highest BCUT2D eigenvalue weighted by Crippen LogP contribution is 2.20. The molecule has 1 heterocycles. The molecule has 0 aromatic carbocycles. The first kappa shape index (κ1) is 15.0. The quantitative estimate of drug-likeness (QED) is 0.789. The number of aromatic nitrogens is 2. The van der Waals surface area contributed by atoms with Crippen LogP contribution in [0.3, 0.4) is 0 Å². The Morgan fingerprint density at radius 1 is 1.26 bits per heavy atom.